The quantitative estimate of drug-likeness (QED) is 0.543. The summed E-state index contributed by atoms with van der Waals surface area (Å²) in [5, 5.41) is 14.3. The summed E-state index contributed by atoms with van der Waals surface area (Å²) in [6.07, 6.45) is 1.56. The molecule has 22 heavy (non-hydrogen) atoms. The van der Waals surface area contributed by atoms with Crippen LogP contribution in [0.5, 0.6) is 0 Å². The van der Waals surface area contributed by atoms with Crippen LogP contribution in [0.3, 0.4) is 0 Å². The van der Waals surface area contributed by atoms with Crippen LogP contribution < -0.4 is 0 Å². The zero-order chi connectivity index (χ0) is 15.3. The van der Waals surface area contributed by atoms with Gasteiger partial charge in [-0.15, -0.1) is 10.2 Å². The van der Waals surface area contributed by atoms with Crippen LogP contribution in [0.2, 0.25) is 10.0 Å². The smallest absolute Gasteiger partial charge is 0.235 e. The third-order valence-corrected chi connectivity index (χ3v) is 4.76. The first-order valence-corrected chi connectivity index (χ1v) is 7.80. The number of hydrogen-bond acceptors (Lipinski definition) is 6. The highest BCUT2D eigenvalue weighted by Crippen LogP contribution is 2.34. The van der Waals surface area contributed by atoms with E-state index in [0.717, 1.165) is 0 Å². The van der Waals surface area contributed by atoms with E-state index in [1.54, 1.807) is 29.8 Å². The summed E-state index contributed by atoms with van der Waals surface area (Å²) < 4.78 is 6.84. The molecule has 0 N–H and O–H groups in total. The van der Waals surface area contributed by atoms with Gasteiger partial charge in [-0.3, -0.25) is 0 Å². The van der Waals surface area contributed by atoms with E-state index in [-0.39, 0.29) is 0 Å². The number of fused-ring (bicyclic) bond motifs is 1. The van der Waals surface area contributed by atoms with Gasteiger partial charge >= 0.3 is 0 Å². The van der Waals surface area contributed by atoms with E-state index in [0.29, 0.717) is 43.0 Å². The van der Waals surface area contributed by atoms with Gasteiger partial charge in [0.25, 0.3) is 0 Å². The molecule has 0 saturated carbocycles. The number of rotatable bonds is 2. The standard InChI is InChI=1S/C13H7Cl2N5OS/c1-6-16-9(5-21-6)12-19-20-11(17-18-13(20)22-12)7-3-2-4-8(14)10(7)15/h2-5H,1H3. The van der Waals surface area contributed by atoms with Gasteiger partial charge in [-0.25, -0.2) is 4.98 Å². The minimum absolute atomic E-state index is 0.422. The molecule has 0 saturated heterocycles. The van der Waals surface area contributed by atoms with Gasteiger partial charge < -0.3 is 4.42 Å². The predicted molar refractivity (Wildman–Crippen MR) is 84.3 cm³/mol. The zero-order valence-electron chi connectivity index (χ0n) is 11.1. The molecule has 0 fully saturated rings. The molecular weight excluding hydrogens is 345 g/mol. The van der Waals surface area contributed by atoms with Crippen LogP contribution in [-0.2, 0) is 0 Å². The number of hydrogen-bond donors (Lipinski definition) is 0. The second-order valence-electron chi connectivity index (χ2n) is 4.48. The Balaban J connectivity index is 1.89. The lowest BCUT2D eigenvalue weighted by atomic mass is 10.2. The van der Waals surface area contributed by atoms with E-state index in [1.165, 1.54) is 11.3 Å². The summed E-state index contributed by atoms with van der Waals surface area (Å²) in [7, 11) is 0. The number of aromatic nitrogens is 5. The lowest BCUT2D eigenvalue weighted by molar-refractivity contribution is 0.521. The molecule has 4 aromatic rings. The average molecular weight is 352 g/mol. The van der Waals surface area contributed by atoms with Crippen LogP contribution >= 0.6 is 34.5 Å². The van der Waals surface area contributed by atoms with Crippen LogP contribution in [-0.4, -0.2) is 24.8 Å². The highest BCUT2D eigenvalue weighted by Gasteiger charge is 2.18. The topological polar surface area (TPSA) is 69.1 Å². The monoisotopic (exact) mass is 351 g/mol. The van der Waals surface area contributed by atoms with Crippen LogP contribution in [0.1, 0.15) is 5.89 Å². The third kappa shape index (κ3) is 2.09. The van der Waals surface area contributed by atoms with Crippen molar-refractivity contribution in [2.24, 2.45) is 0 Å². The number of aryl methyl sites for hydroxylation is 1. The molecule has 0 bridgehead atoms. The Labute approximate surface area is 138 Å². The Morgan fingerprint density at radius 3 is 2.86 bits per heavy atom. The molecular formula is C13H7Cl2N5OS. The maximum atomic E-state index is 6.25. The Morgan fingerprint density at radius 1 is 1.23 bits per heavy atom. The number of halogens is 2. The Morgan fingerprint density at radius 2 is 2.09 bits per heavy atom. The molecule has 4 rings (SSSR count). The SMILES string of the molecule is Cc1nc(-c2nn3c(-c4cccc(Cl)c4Cl)nnc3s2)co1. The van der Waals surface area contributed by atoms with Crippen molar-refractivity contribution in [3.8, 4) is 22.1 Å². The van der Waals surface area contributed by atoms with E-state index in [4.69, 9.17) is 27.6 Å². The van der Waals surface area contributed by atoms with Crippen molar-refractivity contribution >= 4 is 39.5 Å². The van der Waals surface area contributed by atoms with Crippen LogP contribution in [0.25, 0.3) is 27.1 Å². The van der Waals surface area contributed by atoms with Gasteiger partial charge in [0, 0.05) is 12.5 Å². The van der Waals surface area contributed by atoms with Gasteiger partial charge in [-0.05, 0) is 12.1 Å². The van der Waals surface area contributed by atoms with Crippen molar-refractivity contribution in [2.75, 3.05) is 0 Å². The largest absolute Gasteiger partial charge is 0.449 e. The van der Waals surface area contributed by atoms with Crippen LogP contribution in [0, 0.1) is 6.92 Å². The first-order chi connectivity index (χ1) is 10.6. The number of oxazole rings is 1. The van der Waals surface area contributed by atoms with Crippen molar-refractivity contribution in [1.29, 1.82) is 0 Å². The second-order valence-corrected chi connectivity index (χ2v) is 6.22. The van der Waals surface area contributed by atoms with E-state index >= 15 is 0 Å². The van der Waals surface area contributed by atoms with Crippen LogP contribution in [0.15, 0.2) is 28.9 Å². The summed E-state index contributed by atoms with van der Waals surface area (Å²) >= 11 is 13.7. The number of nitrogens with zero attached hydrogens (tertiary/aromatic N) is 5. The molecule has 9 heteroatoms. The highest BCUT2D eigenvalue weighted by molar-refractivity contribution is 7.19. The van der Waals surface area contributed by atoms with Gasteiger partial charge in [-0.1, -0.05) is 40.6 Å². The van der Waals surface area contributed by atoms with Gasteiger partial charge in [-0.2, -0.15) is 9.61 Å². The summed E-state index contributed by atoms with van der Waals surface area (Å²) in [4.78, 5) is 4.90. The molecule has 0 aliphatic carbocycles. The normalized spacial score (nSPS) is 11.4. The molecule has 0 radical (unpaired) electrons. The molecule has 0 aliphatic heterocycles. The van der Waals surface area contributed by atoms with E-state index in [2.05, 4.69) is 20.3 Å². The minimum Gasteiger partial charge on any atom is -0.449 e. The molecule has 3 heterocycles. The first-order valence-electron chi connectivity index (χ1n) is 6.22. The van der Waals surface area contributed by atoms with Gasteiger partial charge in [0.2, 0.25) is 4.96 Å². The maximum absolute atomic E-state index is 6.25. The summed E-state index contributed by atoms with van der Waals surface area (Å²) in [5.74, 6) is 1.12. The Bertz CT molecular complexity index is 990. The lowest BCUT2D eigenvalue weighted by Crippen LogP contribution is -1.92. The van der Waals surface area contributed by atoms with Crippen molar-refractivity contribution in [2.45, 2.75) is 6.92 Å². The van der Waals surface area contributed by atoms with Gasteiger partial charge in [0.1, 0.15) is 12.0 Å². The Kier molecular flexibility index (Phi) is 3.14. The van der Waals surface area contributed by atoms with E-state index in [9.17, 15) is 0 Å². The molecule has 110 valence electrons. The second kappa shape index (κ2) is 5.05. The number of benzene rings is 1. The van der Waals surface area contributed by atoms with Gasteiger partial charge in [0.05, 0.1) is 10.0 Å². The van der Waals surface area contributed by atoms with Gasteiger partial charge in [0.15, 0.2) is 16.7 Å². The molecule has 0 spiro atoms. The molecule has 0 unspecified atom stereocenters. The first kappa shape index (κ1) is 13.7. The van der Waals surface area contributed by atoms with Crippen molar-refractivity contribution in [3.63, 3.8) is 0 Å². The van der Waals surface area contributed by atoms with E-state index < -0.39 is 0 Å². The van der Waals surface area contributed by atoms with Crippen molar-refractivity contribution in [1.82, 2.24) is 24.8 Å². The lowest BCUT2D eigenvalue weighted by Gasteiger charge is -2.01. The molecule has 6 nitrogen and oxygen atoms in total. The summed E-state index contributed by atoms with van der Waals surface area (Å²) in [6, 6.07) is 5.35. The molecule has 0 amide bonds. The molecule has 0 aliphatic rings. The fraction of sp³-hybridized carbons (Fsp3) is 0.0769. The fourth-order valence-electron chi connectivity index (χ4n) is 2.03. The van der Waals surface area contributed by atoms with Crippen molar-refractivity contribution in [3.05, 3.63) is 40.4 Å². The summed E-state index contributed by atoms with van der Waals surface area (Å²) in [5.41, 5.74) is 1.34. The third-order valence-electron chi connectivity index (χ3n) is 3.02. The van der Waals surface area contributed by atoms with E-state index in [1.807, 2.05) is 6.07 Å². The highest BCUT2D eigenvalue weighted by atomic mass is 35.5. The summed E-state index contributed by atoms with van der Waals surface area (Å²) in [6.45, 7) is 1.78. The Hall–Kier alpha value is -1.96. The predicted octanol–water partition coefficient (Wildman–Crippen LogP) is 4.12. The maximum Gasteiger partial charge on any atom is 0.235 e. The molecule has 0 atom stereocenters. The zero-order valence-corrected chi connectivity index (χ0v) is 13.4. The molecule has 1 aromatic carbocycles. The fourth-order valence-corrected chi connectivity index (χ4v) is 3.20. The van der Waals surface area contributed by atoms with Crippen LogP contribution in [0.4, 0.5) is 0 Å². The minimum atomic E-state index is 0.422. The van der Waals surface area contributed by atoms with Crippen molar-refractivity contribution < 1.29 is 4.42 Å². The molecule has 3 aromatic heterocycles. The average Bonchev–Trinajstić information content (AvgIpc) is 3.17.